The Morgan fingerprint density at radius 3 is 2.87 bits per heavy atom. The molecule has 3 aromatic rings. The predicted molar refractivity (Wildman–Crippen MR) is 88.5 cm³/mol. The lowest BCUT2D eigenvalue weighted by Crippen LogP contribution is -2.27. The van der Waals surface area contributed by atoms with Gasteiger partial charge in [0.25, 0.3) is 0 Å². The van der Waals surface area contributed by atoms with Gasteiger partial charge in [0.1, 0.15) is 0 Å². The van der Waals surface area contributed by atoms with E-state index >= 15 is 0 Å². The Kier molecular flexibility index (Phi) is 4.95. The molecular weight excluding hydrogens is 290 g/mol. The van der Waals surface area contributed by atoms with Crippen LogP contribution in [0.3, 0.4) is 0 Å². The average molecular weight is 309 g/mol. The van der Waals surface area contributed by atoms with Crippen molar-refractivity contribution < 1.29 is 4.79 Å². The Bertz CT molecular complexity index is 769. The van der Waals surface area contributed by atoms with Crippen LogP contribution in [0.25, 0.3) is 10.9 Å². The second-order valence-electron chi connectivity index (χ2n) is 5.31. The molecule has 3 rings (SSSR count). The minimum absolute atomic E-state index is 0.0362. The number of aromatic amines is 1. The summed E-state index contributed by atoms with van der Waals surface area (Å²) in [5, 5.41) is 14.3. The molecule has 0 atom stereocenters. The molecule has 0 unspecified atom stereocenters. The van der Waals surface area contributed by atoms with Gasteiger partial charge in [0.2, 0.25) is 5.91 Å². The van der Waals surface area contributed by atoms with Crippen LogP contribution in [0.5, 0.6) is 0 Å². The lowest BCUT2D eigenvalue weighted by molar-refractivity contribution is -0.121. The Morgan fingerprint density at radius 1 is 1.13 bits per heavy atom. The molecule has 118 valence electrons. The van der Waals surface area contributed by atoms with Crippen LogP contribution in [-0.4, -0.2) is 27.6 Å². The smallest absolute Gasteiger partial charge is 0.221 e. The number of hydrogen-bond donors (Lipinski definition) is 3. The van der Waals surface area contributed by atoms with E-state index in [1.165, 1.54) is 0 Å². The van der Waals surface area contributed by atoms with Crippen LogP contribution in [-0.2, 0) is 17.9 Å². The van der Waals surface area contributed by atoms with Crippen LogP contribution < -0.4 is 10.6 Å². The van der Waals surface area contributed by atoms with Gasteiger partial charge in [-0.3, -0.25) is 14.9 Å². The van der Waals surface area contributed by atoms with Crippen molar-refractivity contribution >= 4 is 16.8 Å². The van der Waals surface area contributed by atoms with Crippen molar-refractivity contribution in [1.29, 1.82) is 0 Å². The van der Waals surface area contributed by atoms with Crippen molar-refractivity contribution in [2.45, 2.75) is 19.5 Å². The van der Waals surface area contributed by atoms with E-state index in [-0.39, 0.29) is 5.91 Å². The Morgan fingerprint density at radius 2 is 2.00 bits per heavy atom. The van der Waals surface area contributed by atoms with E-state index in [2.05, 4.69) is 31.9 Å². The van der Waals surface area contributed by atoms with E-state index < -0.39 is 0 Å². The Balaban J connectivity index is 1.39. The zero-order chi connectivity index (χ0) is 15.9. The van der Waals surface area contributed by atoms with Crippen molar-refractivity contribution in [2.24, 2.45) is 0 Å². The number of carbonyl (C=O) groups excluding carboxylic acids is 1. The summed E-state index contributed by atoms with van der Waals surface area (Å²) < 4.78 is 0. The van der Waals surface area contributed by atoms with Crippen LogP contribution in [0.15, 0.2) is 48.9 Å². The van der Waals surface area contributed by atoms with Crippen LogP contribution in [0, 0.1) is 0 Å². The number of aromatic nitrogens is 3. The fourth-order valence-corrected chi connectivity index (χ4v) is 2.39. The third-order valence-electron chi connectivity index (χ3n) is 3.65. The van der Waals surface area contributed by atoms with Gasteiger partial charge in [-0.2, -0.15) is 5.10 Å². The number of nitrogens with zero attached hydrogens (tertiary/aromatic N) is 2. The first kappa shape index (κ1) is 15.2. The highest BCUT2D eigenvalue weighted by molar-refractivity contribution is 5.81. The quantitative estimate of drug-likeness (QED) is 0.581. The maximum absolute atomic E-state index is 11.8. The van der Waals surface area contributed by atoms with Crippen molar-refractivity contribution in [3.8, 4) is 0 Å². The van der Waals surface area contributed by atoms with Gasteiger partial charge in [-0.15, -0.1) is 0 Å². The number of nitrogens with one attached hydrogen (secondary N) is 3. The molecule has 0 saturated heterocycles. The zero-order valence-corrected chi connectivity index (χ0v) is 12.7. The van der Waals surface area contributed by atoms with Gasteiger partial charge in [-0.05, 0) is 23.3 Å². The maximum Gasteiger partial charge on any atom is 0.221 e. The molecule has 0 saturated carbocycles. The van der Waals surface area contributed by atoms with Gasteiger partial charge in [0.15, 0.2) is 0 Å². The van der Waals surface area contributed by atoms with E-state index in [1.807, 2.05) is 30.5 Å². The number of benzene rings is 1. The number of hydrogen-bond acceptors (Lipinski definition) is 4. The molecule has 0 aliphatic rings. The van der Waals surface area contributed by atoms with Crippen molar-refractivity contribution in [2.75, 3.05) is 6.54 Å². The molecule has 0 aliphatic carbocycles. The molecule has 23 heavy (non-hydrogen) atoms. The minimum Gasteiger partial charge on any atom is -0.352 e. The molecule has 3 N–H and O–H groups in total. The Hall–Kier alpha value is -2.73. The SMILES string of the molecule is O=C(CCNCc1cccc2cn[nH]c12)NCc1ccncc1. The van der Waals surface area contributed by atoms with Crippen molar-refractivity contribution in [1.82, 2.24) is 25.8 Å². The fourth-order valence-electron chi connectivity index (χ4n) is 2.39. The molecule has 0 bridgehead atoms. The molecule has 2 heterocycles. The van der Waals surface area contributed by atoms with Crippen LogP contribution in [0.1, 0.15) is 17.5 Å². The van der Waals surface area contributed by atoms with Gasteiger partial charge in [-0.25, -0.2) is 0 Å². The third kappa shape index (κ3) is 4.14. The van der Waals surface area contributed by atoms with E-state index in [1.54, 1.807) is 12.4 Å². The fraction of sp³-hybridized carbons (Fsp3) is 0.235. The number of para-hydroxylation sites is 1. The number of fused-ring (bicyclic) bond motifs is 1. The lowest BCUT2D eigenvalue weighted by Gasteiger charge is -2.07. The van der Waals surface area contributed by atoms with Gasteiger partial charge in [0.05, 0.1) is 11.7 Å². The highest BCUT2D eigenvalue weighted by Crippen LogP contribution is 2.14. The summed E-state index contributed by atoms with van der Waals surface area (Å²) in [4.78, 5) is 15.8. The molecular formula is C17H19N5O. The monoisotopic (exact) mass is 309 g/mol. The highest BCUT2D eigenvalue weighted by Gasteiger charge is 2.04. The van der Waals surface area contributed by atoms with E-state index in [4.69, 9.17) is 0 Å². The summed E-state index contributed by atoms with van der Waals surface area (Å²) in [5.41, 5.74) is 3.24. The Labute approximate surface area is 134 Å². The highest BCUT2D eigenvalue weighted by atomic mass is 16.1. The zero-order valence-electron chi connectivity index (χ0n) is 12.7. The number of H-pyrrole nitrogens is 1. The first-order valence-electron chi connectivity index (χ1n) is 7.60. The number of rotatable bonds is 7. The number of carbonyl (C=O) groups is 1. The molecule has 0 aliphatic heterocycles. The molecule has 6 heteroatoms. The number of pyridine rings is 1. The first-order valence-corrected chi connectivity index (χ1v) is 7.60. The second-order valence-corrected chi connectivity index (χ2v) is 5.31. The van der Waals surface area contributed by atoms with E-state index in [0.717, 1.165) is 22.0 Å². The van der Waals surface area contributed by atoms with Crippen LogP contribution in [0.2, 0.25) is 0 Å². The minimum atomic E-state index is 0.0362. The summed E-state index contributed by atoms with van der Waals surface area (Å²) in [6.45, 7) is 1.87. The van der Waals surface area contributed by atoms with Gasteiger partial charge < -0.3 is 10.6 Å². The van der Waals surface area contributed by atoms with Crippen molar-refractivity contribution in [3.63, 3.8) is 0 Å². The third-order valence-corrected chi connectivity index (χ3v) is 3.65. The summed E-state index contributed by atoms with van der Waals surface area (Å²) in [6.07, 6.45) is 5.70. The molecule has 0 fully saturated rings. The summed E-state index contributed by atoms with van der Waals surface area (Å²) >= 11 is 0. The van der Waals surface area contributed by atoms with Gasteiger partial charge >= 0.3 is 0 Å². The molecule has 0 radical (unpaired) electrons. The average Bonchev–Trinajstić information content (AvgIpc) is 3.07. The van der Waals surface area contributed by atoms with Crippen LogP contribution >= 0.6 is 0 Å². The first-order chi connectivity index (χ1) is 11.3. The van der Waals surface area contributed by atoms with Crippen molar-refractivity contribution in [3.05, 3.63) is 60.0 Å². The topological polar surface area (TPSA) is 82.7 Å². The van der Waals surface area contributed by atoms with Gasteiger partial charge in [0, 0.05) is 43.8 Å². The summed E-state index contributed by atoms with van der Waals surface area (Å²) in [5.74, 6) is 0.0362. The maximum atomic E-state index is 11.8. The molecule has 1 aromatic carbocycles. The lowest BCUT2D eigenvalue weighted by atomic mass is 10.1. The summed E-state index contributed by atoms with van der Waals surface area (Å²) in [7, 11) is 0. The van der Waals surface area contributed by atoms with E-state index in [9.17, 15) is 4.79 Å². The molecule has 6 nitrogen and oxygen atoms in total. The largest absolute Gasteiger partial charge is 0.352 e. The normalized spacial score (nSPS) is 10.8. The summed E-state index contributed by atoms with van der Waals surface area (Å²) in [6, 6.07) is 9.87. The molecule has 2 aromatic heterocycles. The van der Waals surface area contributed by atoms with E-state index in [0.29, 0.717) is 26.1 Å². The predicted octanol–water partition coefficient (Wildman–Crippen LogP) is 1.75. The number of amides is 1. The molecule has 0 spiro atoms. The van der Waals surface area contributed by atoms with Crippen LogP contribution in [0.4, 0.5) is 0 Å². The standard InChI is InChI=1S/C17H19N5O/c23-16(20-10-13-4-7-18-8-5-13)6-9-19-11-14-2-1-3-15-12-21-22-17(14)15/h1-5,7-8,12,19H,6,9-11H2,(H,20,23)(H,21,22). The second kappa shape index (κ2) is 7.51. The van der Waals surface area contributed by atoms with Gasteiger partial charge in [-0.1, -0.05) is 18.2 Å². The molecule has 1 amide bonds.